The largest absolute Gasteiger partial charge is 0.369 e. The first kappa shape index (κ1) is 18.0. The van der Waals surface area contributed by atoms with Crippen molar-refractivity contribution in [2.45, 2.75) is 40.0 Å². The Morgan fingerprint density at radius 2 is 1.67 bits per heavy atom. The molecule has 0 radical (unpaired) electrons. The SMILES string of the molecule is CCC[C@H](C(N)=O)[C@@H](CC(C)C)C(=O)N1CCN(C)CC1. The number of piperazine rings is 1. The van der Waals surface area contributed by atoms with Crippen LogP contribution in [0, 0.1) is 17.8 Å². The molecule has 0 unspecified atom stereocenters. The molecular weight excluding hydrogens is 266 g/mol. The number of hydrogen-bond acceptors (Lipinski definition) is 3. The minimum Gasteiger partial charge on any atom is -0.369 e. The first-order chi connectivity index (χ1) is 9.86. The maximum Gasteiger partial charge on any atom is 0.226 e. The molecule has 0 aromatic carbocycles. The lowest BCUT2D eigenvalue weighted by Crippen LogP contribution is -2.51. The summed E-state index contributed by atoms with van der Waals surface area (Å²) in [6, 6.07) is 0. The molecular formula is C16H31N3O2. The van der Waals surface area contributed by atoms with Crippen LogP contribution in [0.2, 0.25) is 0 Å². The van der Waals surface area contributed by atoms with Gasteiger partial charge >= 0.3 is 0 Å². The zero-order valence-electron chi connectivity index (χ0n) is 14.0. The molecule has 0 aromatic heterocycles. The fourth-order valence-corrected chi connectivity index (χ4v) is 3.06. The molecule has 21 heavy (non-hydrogen) atoms. The lowest BCUT2D eigenvalue weighted by atomic mass is 9.81. The Kier molecular flexibility index (Phi) is 7.15. The number of carbonyl (C=O) groups is 2. The average molecular weight is 297 g/mol. The van der Waals surface area contributed by atoms with Crippen LogP contribution in [0.5, 0.6) is 0 Å². The summed E-state index contributed by atoms with van der Waals surface area (Å²) in [5, 5.41) is 0. The van der Waals surface area contributed by atoms with Gasteiger partial charge in [-0.1, -0.05) is 27.2 Å². The second kappa shape index (κ2) is 8.37. The highest BCUT2D eigenvalue weighted by Gasteiger charge is 2.35. The third kappa shape index (κ3) is 5.30. The van der Waals surface area contributed by atoms with E-state index < -0.39 is 0 Å². The van der Waals surface area contributed by atoms with E-state index in [1.54, 1.807) is 0 Å². The Morgan fingerprint density at radius 1 is 1.10 bits per heavy atom. The van der Waals surface area contributed by atoms with Crippen molar-refractivity contribution < 1.29 is 9.59 Å². The molecule has 122 valence electrons. The van der Waals surface area contributed by atoms with Crippen LogP contribution in [-0.4, -0.2) is 54.8 Å². The first-order valence-corrected chi connectivity index (χ1v) is 8.13. The number of carbonyl (C=O) groups excluding carboxylic acids is 2. The number of nitrogens with zero attached hydrogens (tertiary/aromatic N) is 2. The van der Waals surface area contributed by atoms with Crippen molar-refractivity contribution >= 4 is 11.8 Å². The minimum atomic E-state index is -0.329. The Bertz CT molecular complexity index is 349. The molecule has 5 heteroatoms. The number of hydrogen-bond donors (Lipinski definition) is 1. The van der Waals surface area contributed by atoms with Crippen molar-refractivity contribution in [1.82, 2.24) is 9.80 Å². The van der Waals surface area contributed by atoms with E-state index in [1.165, 1.54) is 0 Å². The van der Waals surface area contributed by atoms with Crippen molar-refractivity contribution in [3.63, 3.8) is 0 Å². The number of likely N-dealkylation sites (N-methyl/N-ethyl adjacent to an activating group) is 1. The number of primary amides is 1. The summed E-state index contributed by atoms with van der Waals surface area (Å²) >= 11 is 0. The van der Waals surface area contributed by atoms with Gasteiger partial charge in [0.05, 0.1) is 0 Å². The van der Waals surface area contributed by atoms with Crippen molar-refractivity contribution in [1.29, 1.82) is 0 Å². The third-order valence-electron chi connectivity index (χ3n) is 4.31. The molecule has 1 fully saturated rings. The highest BCUT2D eigenvalue weighted by Crippen LogP contribution is 2.27. The monoisotopic (exact) mass is 297 g/mol. The average Bonchev–Trinajstić information content (AvgIpc) is 2.42. The Labute approximate surface area is 128 Å². The molecule has 0 aliphatic carbocycles. The molecule has 0 aromatic rings. The van der Waals surface area contributed by atoms with Gasteiger partial charge in [-0.3, -0.25) is 9.59 Å². The second-order valence-electron chi connectivity index (χ2n) is 6.66. The summed E-state index contributed by atoms with van der Waals surface area (Å²) < 4.78 is 0. The number of rotatable bonds is 7. The molecule has 2 amide bonds. The summed E-state index contributed by atoms with van der Waals surface area (Å²) in [7, 11) is 2.07. The molecule has 0 spiro atoms. The van der Waals surface area contributed by atoms with Crippen LogP contribution in [0.1, 0.15) is 40.0 Å². The van der Waals surface area contributed by atoms with Gasteiger partial charge in [0.15, 0.2) is 0 Å². The molecule has 2 N–H and O–H groups in total. The van der Waals surface area contributed by atoms with Gasteiger partial charge in [-0.25, -0.2) is 0 Å². The summed E-state index contributed by atoms with van der Waals surface area (Å²) in [4.78, 5) is 28.8. The first-order valence-electron chi connectivity index (χ1n) is 8.13. The van der Waals surface area contributed by atoms with Gasteiger partial charge in [-0.05, 0) is 25.8 Å². The Hall–Kier alpha value is -1.10. The predicted molar refractivity (Wildman–Crippen MR) is 84.6 cm³/mol. The molecule has 1 aliphatic heterocycles. The highest BCUT2D eigenvalue weighted by atomic mass is 16.2. The third-order valence-corrected chi connectivity index (χ3v) is 4.31. The van der Waals surface area contributed by atoms with Gasteiger partial charge in [-0.2, -0.15) is 0 Å². The van der Waals surface area contributed by atoms with Crippen LogP contribution in [0.15, 0.2) is 0 Å². The highest BCUT2D eigenvalue weighted by molar-refractivity contribution is 5.87. The summed E-state index contributed by atoms with van der Waals surface area (Å²) in [5.41, 5.74) is 5.57. The van der Waals surface area contributed by atoms with Crippen molar-refractivity contribution in [2.24, 2.45) is 23.5 Å². The fourth-order valence-electron chi connectivity index (χ4n) is 3.06. The second-order valence-corrected chi connectivity index (χ2v) is 6.66. The van der Waals surface area contributed by atoms with Crippen molar-refractivity contribution in [3.8, 4) is 0 Å². The van der Waals surface area contributed by atoms with E-state index in [2.05, 4.69) is 25.8 Å². The van der Waals surface area contributed by atoms with E-state index >= 15 is 0 Å². The lowest BCUT2D eigenvalue weighted by molar-refractivity contribution is -0.143. The van der Waals surface area contributed by atoms with E-state index in [0.29, 0.717) is 12.3 Å². The smallest absolute Gasteiger partial charge is 0.226 e. The van der Waals surface area contributed by atoms with Crippen LogP contribution in [0.25, 0.3) is 0 Å². The summed E-state index contributed by atoms with van der Waals surface area (Å²) in [6.45, 7) is 9.51. The van der Waals surface area contributed by atoms with Crippen LogP contribution in [-0.2, 0) is 9.59 Å². The molecule has 0 saturated carbocycles. The van der Waals surface area contributed by atoms with Crippen molar-refractivity contribution in [3.05, 3.63) is 0 Å². The van der Waals surface area contributed by atoms with Gasteiger partial charge in [0.2, 0.25) is 11.8 Å². The number of amides is 2. The Morgan fingerprint density at radius 3 is 2.10 bits per heavy atom. The summed E-state index contributed by atoms with van der Waals surface area (Å²) in [6.07, 6.45) is 2.31. The maximum atomic E-state index is 12.9. The number of nitrogens with two attached hydrogens (primary N) is 1. The predicted octanol–water partition coefficient (Wildman–Crippen LogP) is 1.32. The van der Waals surface area contributed by atoms with E-state index in [4.69, 9.17) is 5.73 Å². The molecule has 1 saturated heterocycles. The fraction of sp³-hybridized carbons (Fsp3) is 0.875. The van der Waals surface area contributed by atoms with Crippen LogP contribution < -0.4 is 5.73 Å². The van der Waals surface area contributed by atoms with E-state index in [1.807, 2.05) is 11.8 Å². The molecule has 1 rings (SSSR count). The van der Waals surface area contributed by atoms with Crippen molar-refractivity contribution in [2.75, 3.05) is 33.2 Å². The maximum absolute atomic E-state index is 12.9. The lowest BCUT2D eigenvalue weighted by Gasteiger charge is -2.36. The van der Waals surface area contributed by atoms with E-state index in [-0.39, 0.29) is 23.7 Å². The van der Waals surface area contributed by atoms with E-state index in [0.717, 1.165) is 39.0 Å². The quantitative estimate of drug-likeness (QED) is 0.771. The van der Waals surface area contributed by atoms with Gasteiger partial charge in [-0.15, -0.1) is 0 Å². The van der Waals surface area contributed by atoms with Crippen LogP contribution in [0.3, 0.4) is 0 Å². The zero-order chi connectivity index (χ0) is 16.0. The van der Waals surface area contributed by atoms with Gasteiger partial charge in [0, 0.05) is 38.0 Å². The molecule has 5 nitrogen and oxygen atoms in total. The molecule has 1 aliphatic rings. The summed E-state index contributed by atoms with van der Waals surface area (Å²) in [5.74, 6) is -0.417. The van der Waals surface area contributed by atoms with Crippen LogP contribution >= 0.6 is 0 Å². The van der Waals surface area contributed by atoms with Gasteiger partial charge in [0.1, 0.15) is 0 Å². The molecule has 0 bridgehead atoms. The molecule has 1 heterocycles. The van der Waals surface area contributed by atoms with Gasteiger partial charge in [0.25, 0.3) is 0 Å². The van der Waals surface area contributed by atoms with E-state index in [9.17, 15) is 9.59 Å². The standard InChI is InChI=1S/C16H31N3O2/c1-5-6-13(15(17)20)14(11-12(2)3)16(21)19-9-7-18(4)8-10-19/h12-14H,5-11H2,1-4H3,(H2,17,20)/t13-,14+/m0/s1. The zero-order valence-corrected chi connectivity index (χ0v) is 14.0. The van der Waals surface area contributed by atoms with Crippen LogP contribution in [0.4, 0.5) is 0 Å². The van der Waals surface area contributed by atoms with Gasteiger partial charge < -0.3 is 15.5 Å². The minimum absolute atomic E-state index is 0.119. The topological polar surface area (TPSA) is 66.6 Å². The molecule has 2 atom stereocenters. The Balaban J connectivity index is 2.84. The normalized spacial score (nSPS) is 19.6.